The molecule has 1 fully saturated rings. The zero-order valence-corrected chi connectivity index (χ0v) is 13.6. The van der Waals surface area contributed by atoms with Gasteiger partial charge >= 0.3 is 0 Å². The quantitative estimate of drug-likeness (QED) is 0.448. The molecule has 3 atom stereocenters. The number of unbranched alkanes of at least 4 members (excludes halogenated alkanes) is 2. The van der Waals surface area contributed by atoms with Gasteiger partial charge in [0.1, 0.15) is 0 Å². The molecule has 0 aromatic carbocycles. The second-order valence-corrected chi connectivity index (χ2v) is 6.72. The van der Waals surface area contributed by atoms with Gasteiger partial charge in [0.2, 0.25) is 0 Å². The van der Waals surface area contributed by atoms with Crippen LogP contribution in [0.2, 0.25) is 0 Å². The van der Waals surface area contributed by atoms with E-state index in [9.17, 15) is 0 Å². The molecule has 1 rings (SSSR count). The average Bonchev–Trinajstić information content (AvgIpc) is 2.72. The van der Waals surface area contributed by atoms with Gasteiger partial charge in [-0.05, 0) is 43.6 Å². The van der Waals surface area contributed by atoms with E-state index in [1.807, 2.05) is 0 Å². The van der Waals surface area contributed by atoms with E-state index < -0.39 is 0 Å². The van der Waals surface area contributed by atoms with E-state index in [2.05, 4.69) is 45.2 Å². The Labute approximate surface area is 121 Å². The fraction of sp³-hybridized carbons (Fsp3) is 0.889. The van der Waals surface area contributed by atoms with Gasteiger partial charge in [0, 0.05) is 6.04 Å². The molecule has 0 radical (unpaired) electrons. The summed E-state index contributed by atoms with van der Waals surface area (Å²) in [5.41, 5.74) is 0. The van der Waals surface area contributed by atoms with Crippen LogP contribution in [0.3, 0.4) is 0 Å². The maximum atomic E-state index is 3.70. The molecular formula is C18H35N. The van der Waals surface area contributed by atoms with Crippen molar-refractivity contribution < 1.29 is 0 Å². The molecule has 1 aliphatic carbocycles. The monoisotopic (exact) mass is 265 g/mol. The van der Waals surface area contributed by atoms with Crippen LogP contribution < -0.4 is 5.32 Å². The molecule has 0 aromatic rings. The normalized spacial score (nSPS) is 27.7. The van der Waals surface area contributed by atoms with Crippen LogP contribution in [-0.2, 0) is 0 Å². The molecular weight excluding hydrogens is 230 g/mol. The molecule has 19 heavy (non-hydrogen) atoms. The van der Waals surface area contributed by atoms with E-state index in [4.69, 9.17) is 0 Å². The highest BCUT2D eigenvalue weighted by Crippen LogP contribution is 2.35. The van der Waals surface area contributed by atoms with Crippen molar-refractivity contribution in [2.24, 2.45) is 17.8 Å². The number of nitrogens with one attached hydrogen (secondary N) is 1. The van der Waals surface area contributed by atoms with Gasteiger partial charge in [0.15, 0.2) is 0 Å². The van der Waals surface area contributed by atoms with Gasteiger partial charge in [-0.3, -0.25) is 0 Å². The Morgan fingerprint density at radius 3 is 2.58 bits per heavy atom. The van der Waals surface area contributed by atoms with Crippen LogP contribution in [0.25, 0.3) is 0 Å². The minimum absolute atomic E-state index is 0.736. The zero-order chi connectivity index (χ0) is 14.1. The number of rotatable bonds is 9. The average molecular weight is 265 g/mol. The Balaban J connectivity index is 2.40. The summed E-state index contributed by atoms with van der Waals surface area (Å²) < 4.78 is 0. The van der Waals surface area contributed by atoms with E-state index in [0.29, 0.717) is 0 Å². The Morgan fingerprint density at radius 2 is 1.95 bits per heavy atom. The predicted octanol–water partition coefficient (Wildman–Crippen LogP) is 5.17. The van der Waals surface area contributed by atoms with E-state index in [1.165, 1.54) is 44.9 Å². The van der Waals surface area contributed by atoms with Gasteiger partial charge < -0.3 is 5.32 Å². The lowest BCUT2D eigenvalue weighted by molar-refractivity contribution is 0.447. The first-order valence-corrected chi connectivity index (χ1v) is 8.57. The van der Waals surface area contributed by atoms with Gasteiger partial charge in [0.05, 0.1) is 0 Å². The van der Waals surface area contributed by atoms with Crippen molar-refractivity contribution >= 4 is 0 Å². The van der Waals surface area contributed by atoms with Gasteiger partial charge in [-0.2, -0.15) is 0 Å². The molecule has 1 nitrogen and oxygen atoms in total. The number of allylic oxidation sites excluding steroid dienone is 1. The minimum atomic E-state index is 0.736. The summed E-state index contributed by atoms with van der Waals surface area (Å²) in [5, 5.41) is 3.70. The SMILES string of the molecule is CCCCCC1CC(/C=C/CC(C)C)C(NCC)C1. The fourth-order valence-corrected chi connectivity index (χ4v) is 3.33. The van der Waals surface area contributed by atoms with Crippen LogP contribution in [0.15, 0.2) is 12.2 Å². The van der Waals surface area contributed by atoms with Crippen LogP contribution in [0.1, 0.15) is 72.6 Å². The molecule has 0 aromatic heterocycles. The molecule has 0 saturated heterocycles. The first-order chi connectivity index (χ1) is 9.17. The van der Waals surface area contributed by atoms with Crippen LogP contribution in [0.4, 0.5) is 0 Å². The predicted molar refractivity (Wildman–Crippen MR) is 86.4 cm³/mol. The van der Waals surface area contributed by atoms with Crippen LogP contribution in [0.5, 0.6) is 0 Å². The van der Waals surface area contributed by atoms with Crippen molar-refractivity contribution in [3.63, 3.8) is 0 Å². The molecule has 3 unspecified atom stereocenters. The van der Waals surface area contributed by atoms with Crippen molar-refractivity contribution in [1.29, 1.82) is 0 Å². The highest BCUT2D eigenvalue weighted by molar-refractivity contribution is 5.00. The Morgan fingerprint density at radius 1 is 1.16 bits per heavy atom. The van der Waals surface area contributed by atoms with Crippen LogP contribution in [-0.4, -0.2) is 12.6 Å². The topological polar surface area (TPSA) is 12.0 Å². The molecule has 1 N–H and O–H groups in total. The molecule has 1 heteroatoms. The van der Waals surface area contributed by atoms with Crippen molar-refractivity contribution in [1.82, 2.24) is 5.32 Å². The van der Waals surface area contributed by atoms with Crippen molar-refractivity contribution in [3.05, 3.63) is 12.2 Å². The Bertz CT molecular complexity index is 244. The minimum Gasteiger partial charge on any atom is -0.314 e. The summed E-state index contributed by atoms with van der Waals surface area (Å²) >= 11 is 0. The molecule has 0 heterocycles. The zero-order valence-electron chi connectivity index (χ0n) is 13.6. The maximum absolute atomic E-state index is 3.70. The first kappa shape index (κ1) is 16.8. The highest BCUT2D eigenvalue weighted by Gasteiger charge is 2.31. The highest BCUT2D eigenvalue weighted by atomic mass is 14.9. The third kappa shape index (κ3) is 6.61. The molecule has 1 aliphatic rings. The molecule has 0 bridgehead atoms. The Hall–Kier alpha value is -0.300. The van der Waals surface area contributed by atoms with Crippen molar-refractivity contribution in [3.8, 4) is 0 Å². The fourth-order valence-electron chi connectivity index (χ4n) is 3.33. The summed E-state index contributed by atoms with van der Waals surface area (Å²) in [6, 6.07) is 0.736. The molecule has 0 spiro atoms. The van der Waals surface area contributed by atoms with Crippen molar-refractivity contribution in [2.75, 3.05) is 6.54 Å². The molecule has 1 saturated carbocycles. The lowest BCUT2D eigenvalue weighted by Gasteiger charge is -2.17. The molecule has 0 aliphatic heterocycles. The standard InChI is InChI=1S/C18H35N/c1-5-7-8-11-16-13-17(12-9-10-15(3)4)18(14-16)19-6-2/h9,12,15-19H,5-8,10-11,13-14H2,1-4H3/b12-9+. The summed E-state index contributed by atoms with van der Waals surface area (Å²) in [6.45, 7) is 10.2. The number of hydrogen-bond donors (Lipinski definition) is 1. The van der Waals surface area contributed by atoms with Crippen LogP contribution >= 0.6 is 0 Å². The molecule has 112 valence electrons. The number of hydrogen-bond acceptors (Lipinski definition) is 1. The summed E-state index contributed by atoms with van der Waals surface area (Å²) in [4.78, 5) is 0. The summed E-state index contributed by atoms with van der Waals surface area (Å²) in [5.74, 6) is 2.53. The van der Waals surface area contributed by atoms with E-state index in [0.717, 1.165) is 30.3 Å². The summed E-state index contributed by atoms with van der Waals surface area (Å²) in [7, 11) is 0. The van der Waals surface area contributed by atoms with E-state index in [1.54, 1.807) is 0 Å². The van der Waals surface area contributed by atoms with Crippen molar-refractivity contribution in [2.45, 2.75) is 78.7 Å². The van der Waals surface area contributed by atoms with Crippen LogP contribution in [0, 0.1) is 17.8 Å². The van der Waals surface area contributed by atoms with Gasteiger partial charge in [-0.1, -0.05) is 65.5 Å². The second kappa shape index (κ2) is 9.58. The third-order valence-electron chi connectivity index (χ3n) is 4.38. The summed E-state index contributed by atoms with van der Waals surface area (Å²) in [6.07, 6.45) is 14.6. The largest absolute Gasteiger partial charge is 0.314 e. The van der Waals surface area contributed by atoms with Gasteiger partial charge in [0.25, 0.3) is 0 Å². The Kier molecular flexibility index (Phi) is 8.45. The first-order valence-electron chi connectivity index (χ1n) is 8.57. The van der Waals surface area contributed by atoms with Gasteiger partial charge in [-0.15, -0.1) is 0 Å². The molecule has 0 amide bonds. The van der Waals surface area contributed by atoms with E-state index in [-0.39, 0.29) is 0 Å². The lowest BCUT2D eigenvalue weighted by atomic mass is 9.97. The van der Waals surface area contributed by atoms with Gasteiger partial charge in [-0.25, -0.2) is 0 Å². The maximum Gasteiger partial charge on any atom is 0.0132 e. The smallest absolute Gasteiger partial charge is 0.0132 e. The second-order valence-electron chi connectivity index (χ2n) is 6.72. The lowest BCUT2D eigenvalue weighted by Crippen LogP contribution is -2.31. The van der Waals surface area contributed by atoms with E-state index >= 15 is 0 Å². The third-order valence-corrected chi connectivity index (χ3v) is 4.38.